The van der Waals surface area contributed by atoms with Crippen LogP contribution >= 0.6 is 0 Å². The van der Waals surface area contributed by atoms with Crippen LogP contribution in [0.3, 0.4) is 0 Å². The number of carbonyl (C=O) groups is 1. The molecule has 104 valence electrons. The van der Waals surface area contributed by atoms with Crippen molar-refractivity contribution in [2.45, 2.75) is 0 Å². The number of hydrogen-bond acceptors (Lipinski definition) is 3. The van der Waals surface area contributed by atoms with E-state index in [9.17, 15) is 9.18 Å². The Hall–Kier alpha value is -2.56. The molecule has 4 nitrogen and oxygen atoms in total. The fourth-order valence-corrected chi connectivity index (χ4v) is 1.67. The Morgan fingerprint density at radius 2 is 2.00 bits per heavy atom. The number of para-hydroxylation sites is 1. The molecule has 20 heavy (non-hydrogen) atoms. The molecule has 0 fully saturated rings. The zero-order valence-electron chi connectivity index (χ0n) is 11.0. The van der Waals surface area contributed by atoms with E-state index in [4.69, 9.17) is 4.74 Å². The standard InChI is InChI=1S/C15H15FN2O2/c1-20-12-6-4-5-11(9-12)17-10-15(19)18-14-8-3-2-7-13(14)16/h2-9,17H,10H2,1H3,(H,18,19). The number of halogens is 1. The van der Waals surface area contributed by atoms with Gasteiger partial charge in [-0.05, 0) is 24.3 Å². The quantitative estimate of drug-likeness (QED) is 0.881. The predicted molar refractivity (Wildman–Crippen MR) is 76.5 cm³/mol. The van der Waals surface area contributed by atoms with Gasteiger partial charge in [0.2, 0.25) is 5.91 Å². The molecular formula is C15H15FN2O2. The minimum absolute atomic E-state index is 0.0432. The van der Waals surface area contributed by atoms with E-state index < -0.39 is 5.82 Å². The highest BCUT2D eigenvalue weighted by molar-refractivity contribution is 5.93. The van der Waals surface area contributed by atoms with Crippen LogP contribution in [0.15, 0.2) is 48.5 Å². The number of carbonyl (C=O) groups excluding carboxylic acids is 1. The van der Waals surface area contributed by atoms with Crippen molar-refractivity contribution in [3.8, 4) is 5.75 Å². The van der Waals surface area contributed by atoms with Crippen molar-refractivity contribution in [2.24, 2.45) is 0 Å². The second-order valence-corrected chi connectivity index (χ2v) is 4.11. The normalized spacial score (nSPS) is 9.90. The molecule has 0 heterocycles. The second kappa shape index (κ2) is 6.56. The van der Waals surface area contributed by atoms with E-state index >= 15 is 0 Å². The van der Waals surface area contributed by atoms with Crippen LogP contribution in [0.4, 0.5) is 15.8 Å². The third-order valence-corrected chi connectivity index (χ3v) is 2.67. The Morgan fingerprint density at radius 3 is 2.75 bits per heavy atom. The summed E-state index contributed by atoms with van der Waals surface area (Å²) in [5.74, 6) is -0.0790. The summed E-state index contributed by atoms with van der Waals surface area (Å²) in [4.78, 5) is 11.7. The van der Waals surface area contributed by atoms with Gasteiger partial charge in [-0.25, -0.2) is 4.39 Å². The van der Waals surface area contributed by atoms with E-state index in [-0.39, 0.29) is 18.1 Å². The van der Waals surface area contributed by atoms with Gasteiger partial charge >= 0.3 is 0 Å². The van der Waals surface area contributed by atoms with Gasteiger partial charge in [0, 0.05) is 11.8 Å². The van der Waals surface area contributed by atoms with Gasteiger partial charge in [-0.2, -0.15) is 0 Å². The molecule has 0 saturated heterocycles. The van der Waals surface area contributed by atoms with Gasteiger partial charge in [0.25, 0.3) is 0 Å². The first-order valence-corrected chi connectivity index (χ1v) is 6.11. The number of hydrogen-bond donors (Lipinski definition) is 2. The smallest absolute Gasteiger partial charge is 0.243 e. The number of rotatable bonds is 5. The molecule has 0 spiro atoms. The van der Waals surface area contributed by atoms with Crippen LogP contribution in [0.25, 0.3) is 0 Å². The maximum Gasteiger partial charge on any atom is 0.243 e. The average molecular weight is 274 g/mol. The zero-order valence-corrected chi connectivity index (χ0v) is 11.0. The van der Waals surface area contributed by atoms with Gasteiger partial charge in [0.1, 0.15) is 11.6 Å². The molecule has 0 atom stereocenters. The largest absolute Gasteiger partial charge is 0.497 e. The molecule has 0 aliphatic carbocycles. The molecular weight excluding hydrogens is 259 g/mol. The Kier molecular flexibility index (Phi) is 4.55. The summed E-state index contributed by atoms with van der Waals surface area (Å²) in [6.45, 7) is 0.0432. The zero-order chi connectivity index (χ0) is 14.4. The summed E-state index contributed by atoms with van der Waals surface area (Å²) in [6, 6.07) is 13.3. The van der Waals surface area contributed by atoms with Gasteiger partial charge in [0.05, 0.1) is 19.3 Å². The van der Waals surface area contributed by atoms with Crippen LogP contribution in [0, 0.1) is 5.82 Å². The van der Waals surface area contributed by atoms with Crippen molar-refractivity contribution in [1.82, 2.24) is 0 Å². The lowest BCUT2D eigenvalue weighted by molar-refractivity contribution is -0.114. The van der Waals surface area contributed by atoms with Gasteiger partial charge in [-0.1, -0.05) is 18.2 Å². The lowest BCUT2D eigenvalue weighted by Crippen LogP contribution is -2.22. The number of ether oxygens (including phenoxy) is 1. The first-order chi connectivity index (χ1) is 9.69. The fraction of sp³-hybridized carbons (Fsp3) is 0.133. The Bertz CT molecular complexity index is 602. The molecule has 2 aromatic rings. The Balaban J connectivity index is 1.90. The lowest BCUT2D eigenvalue weighted by atomic mass is 10.3. The molecule has 1 amide bonds. The van der Waals surface area contributed by atoms with E-state index in [1.807, 2.05) is 18.2 Å². The van der Waals surface area contributed by atoms with Crippen molar-refractivity contribution in [3.63, 3.8) is 0 Å². The van der Waals surface area contributed by atoms with Crippen LogP contribution < -0.4 is 15.4 Å². The van der Waals surface area contributed by atoms with Gasteiger partial charge < -0.3 is 15.4 Å². The third kappa shape index (κ3) is 3.71. The van der Waals surface area contributed by atoms with Crippen LogP contribution in [0.1, 0.15) is 0 Å². The predicted octanol–water partition coefficient (Wildman–Crippen LogP) is 2.88. The van der Waals surface area contributed by atoms with Crippen molar-refractivity contribution < 1.29 is 13.9 Å². The summed E-state index contributed by atoms with van der Waals surface area (Å²) in [5.41, 5.74) is 0.929. The topological polar surface area (TPSA) is 50.4 Å². The SMILES string of the molecule is COc1cccc(NCC(=O)Nc2ccccc2F)c1. The Labute approximate surface area is 116 Å². The summed E-state index contributed by atoms with van der Waals surface area (Å²) in [6.07, 6.45) is 0. The number of methoxy groups -OCH3 is 1. The van der Waals surface area contributed by atoms with Crippen molar-refractivity contribution in [1.29, 1.82) is 0 Å². The number of anilines is 2. The molecule has 0 aromatic heterocycles. The summed E-state index contributed by atoms with van der Waals surface area (Å²) in [5, 5.41) is 5.45. The molecule has 0 aliphatic heterocycles. The molecule has 0 unspecified atom stereocenters. The molecule has 5 heteroatoms. The van der Waals surface area contributed by atoms with Crippen LogP contribution in [0.5, 0.6) is 5.75 Å². The van der Waals surface area contributed by atoms with Gasteiger partial charge in [-0.3, -0.25) is 4.79 Å². The average Bonchev–Trinajstić information content (AvgIpc) is 2.48. The molecule has 0 radical (unpaired) electrons. The third-order valence-electron chi connectivity index (χ3n) is 2.67. The maximum absolute atomic E-state index is 13.4. The van der Waals surface area contributed by atoms with Crippen LogP contribution in [0.2, 0.25) is 0 Å². The minimum Gasteiger partial charge on any atom is -0.497 e. The summed E-state index contributed by atoms with van der Waals surface area (Å²) < 4.78 is 18.4. The van der Waals surface area contributed by atoms with E-state index in [1.165, 1.54) is 12.1 Å². The highest BCUT2D eigenvalue weighted by Crippen LogP contribution is 2.16. The summed E-state index contributed by atoms with van der Waals surface area (Å²) >= 11 is 0. The molecule has 2 rings (SSSR count). The lowest BCUT2D eigenvalue weighted by Gasteiger charge is -2.09. The molecule has 2 aromatic carbocycles. The first kappa shape index (κ1) is 13.9. The maximum atomic E-state index is 13.4. The van der Waals surface area contributed by atoms with E-state index in [2.05, 4.69) is 10.6 Å². The number of amides is 1. The van der Waals surface area contributed by atoms with Gasteiger partial charge in [0.15, 0.2) is 0 Å². The fourth-order valence-electron chi connectivity index (χ4n) is 1.67. The monoisotopic (exact) mass is 274 g/mol. The second-order valence-electron chi connectivity index (χ2n) is 4.11. The van der Waals surface area contributed by atoms with Crippen molar-refractivity contribution in [3.05, 3.63) is 54.3 Å². The van der Waals surface area contributed by atoms with E-state index in [1.54, 1.807) is 25.3 Å². The Morgan fingerprint density at radius 1 is 1.20 bits per heavy atom. The van der Waals surface area contributed by atoms with Gasteiger partial charge in [-0.15, -0.1) is 0 Å². The van der Waals surface area contributed by atoms with E-state index in [0.29, 0.717) is 5.75 Å². The summed E-state index contributed by atoms with van der Waals surface area (Å²) in [7, 11) is 1.57. The minimum atomic E-state index is -0.456. The van der Waals surface area contributed by atoms with Crippen LogP contribution in [-0.2, 0) is 4.79 Å². The van der Waals surface area contributed by atoms with E-state index in [0.717, 1.165) is 5.69 Å². The number of benzene rings is 2. The molecule has 2 N–H and O–H groups in total. The molecule has 0 aliphatic rings. The first-order valence-electron chi connectivity index (χ1n) is 6.11. The molecule has 0 saturated carbocycles. The highest BCUT2D eigenvalue weighted by Gasteiger charge is 2.06. The van der Waals surface area contributed by atoms with Crippen molar-refractivity contribution >= 4 is 17.3 Å². The van der Waals surface area contributed by atoms with Crippen LogP contribution in [-0.4, -0.2) is 19.6 Å². The number of nitrogens with one attached hydrogen (secondary N) is 2. The molecule has 0 bridgehead atoms. The van der Waals surface area contributed by atoms with Crippen molar-refractivity contribution in [2.75, 3.05) is 24.3 Å². The highest BCUT2D eigenvalue weighted by atomic mass is 19.1.